The van der Waals surface area contributed by atoms with Crippen LogP contribution in [0, 0.1) is 0 Å². The van der Waals surface area contributed by atoms with Gasteiger partial charge in [-0.3, -0.25) is 38.6 Å². The quantitative estimate of drug-likeness (QED) is 0.0121. The number of nitrogens with two attached hydrogens (primary N) is 4. The van der Waals surface area contributed by atoms with Crippen molar-refractivity contribution in [1.29, 1.82) is 0 Å². The molecule has 56 heavy (non-hydrogen) atoms. The number of amides is 7. The molecule has 22 nitrogen and oxygen atoms in total. The molecule has 0 aromatic heterocycles. The van der Waals surface area contributed by atoms with E-state index < -0.39 is 95.9 Å². The zero-order valence-corrected chi connectivity index (χ0v) is 33.5. The number of aldehydes is 1. The van der Waals surface area contributed by atoms with Gasteiger partial charge < -0.3 is 74.3 Å². The van der Waals surface area contributed by atoms with Gasteiger partial charge in [-0.1, -0.05) is 0 Å². The first-order valence-electron chi connectivity index (χ1n) is 18.4. The molecule has 0 spiro atoms. The second-order valence-electron chi connectivity index (χ2n) is 14.8. The highest BCUT2D eigenvalue weighted by Crippen LogP contribution is 2.09. The van der Waals surface area contributed by atoms with Crippen LogP contribution in [0.3, 0.4) is 0 Å². The first-order valence-corrected chi connectivity index (χ1v) is 18.4. The van der Waals surface area contributed by atoms with Crippen molar-refractivity contribution in [1.82, 2.24) is 31.9 Å². The van der Waals surface area contributed by atoms with Crippen molar-refractivity contribution >= 4 is 53.6 Å². The predicted molar refractivity (Wildman–Crippen MR) is 205 cm³/mol. The van der Waals surface area contributed by atoms with E-state index in [0.29, 0.717) is 30.2 Å². The number of unbranched alkanes of at least 4 members (excludes halogenated alkanes) is 1. The topological polar surface area (TPSA) is 366 Å². The Morgan fingerprint density at radius 1 is 0.625 bits per heavy atom. The van der Waals surface area contributed by atoms with Gasteiger partial charge in [-0.25, -0.2) is 0 Å². The summed E-state index contributed by atoms with van der Waals surface area (Å²) in [4.78, 5) is 106. The smallest absolute Gasteiger partial charge is 0.245 e. The van der Waals surface area contributed by atoms with Gasteiger partial charge in [0.15, 0.2) is 5.96 Å². The van der Waals surface area contributed by atoms with Crippen molar-refractivity contribution in [3.63, 3.8) is 0 Å². The van der Waals surface area contributed by atoms with Crippen LogP contribution in [-0.4, -0.2) is 157 Å². The number of quaternary nitrogens is 1. The van der Waals surface area contributed by atoms with Crippen LogP contribution in [-0.2, 0) is 38.4 Å². The molecule has 0 rings (SSSR count). The van der Waals surface area contributed by atoms with Gasteiger partial charge in [0.05, 0.1) is 52.0 Å². The molecule has 0 unspecified atom stereocenters. The van der Waals surface area contributed by atoms with Gasteiger partial charge in [-0.15, -0.1) is 0 Å². The third kappa shape index (κ3) is 21.2. The van der Waals surface area contributed by atoms with Gasteiger partial charge in [0, 0.05) is 13.0 Å². The summed E-state index contributed by atoms with van der Waals surface area (Å²) in [6, 6.07) is -9.20. The average Bonchev–Trinajstić information content (AvgIpc) is 3.08. The van der Waals surface area contributed by atoms with E-state index in [0.717, 1.165) is 0 Å². The van der Waals surface area contributed by atoms with Crippen LogP contribution < -0.4 is 54.8 Å². The summed E-state index contributed by atoms with van der Waals surface area (Å²) in [7, 11) is 5.90. The van der Waals surface area contributed by atoms with Gasteiger partial charge in [0.25, 0.3) is 0 Å². The maximum absolute atomic E-state index is 13.8. The lowest BCUT2D eigenvalue weighted by molar-refractivity contribution is -0.870. The molecule has 9 atom stereocenters. The summed E-state index contributed by atoms with van der Waals surface area (Å²) >= 11 is 0. The van der Waals surface area contributed by atoms with Gasteiger partial charge in [0.2, 0.25) is 41.4 Å². The van der Waals surface area contributed by atoms with Gasteiger partial charge in [0.1, 0.15) is 36.5 Å². The molecule has 0 aliphatic rings. The molecule has 7 amide bonds. The van der Waals surface area contributed by atoms with Crippen molar-refractivity contribution in [2.24, 2.45) is 27.9 Å². The van der Waals surface area contributed by atoms with Crippen LogP contribution >= 0.6 is 0 Å². The van der Waals surface area contributed by atoms with E-state index >= 15 is 0 Å². The Hall–Kier alpha value is -4.93. The number of nitrogens with zero attached hydrogens (tertiary/aromatic N) is 2. The number of rotatable bonds is 27. The summed E-state index contributed by atoms with van der Waals surface area (Å²) in [6.45, 7) is 6.04. The predicted octanol–water partition coefficient (Wildman–Crippen LogP) is -5.58. The van der Waals surface area contributed by atoms with Crippen molar-refractivity contribution < 1.29 is 53.1 Å². The van der Waals surface area contributed by atoms with Crippen molar-refractivity contribution in [2.45, 2.75) is 127 Å². The second kappa shape index (κ2) is 25.3. The lowest BCUT2D eigenvalue weighted by Crippen LogP contribution is -2.62. The first kappa shape index (κ1) is 51.1. The minimum Gasteiger partial charge on any atom is -0.391 e. The van der Waals surface area contributed by atoms with Crippen LogP contribution in [0.5, 0.6) is 0 Å². The van der Waals surface area contributed by atoms with E-state index in [4.69, 9.17) is 22.9 Å². The van der Waals surface area contributed by atoms with Crippen LogP contribution in [0.4, 0.5) is 0 Å². The van der Waals surface area contributed by atoms with E-state index in [1.165, 1.54) is 27.7 Å². The summed E-state index contributed by atoms with van der Waals surface area (Å²) < 4.78 is 0.602. The van der Waals surface area contributed by atoms with Crippen molar-refractivity contribution in [3.05, 3.63) is 0 Å². The zero-order valence-electron chi connectivity index (χ0n) is 33.5. The number of primary amides is 1. The standard InChI is InChI=1S/C34H64N12O10/c1-18(17-47)40-32(55)26(20(3)48)44-31(54)24(13-14-25(36)50)42-29(52)22(11-8-9-16-46(5,6)7)43-33(56)27(21(4)49)45-30(53)23(41-28(51)19(2)35)12-10-15-39-34(37)38/h17-24,26-27,48-49H,8-16,35H2,1-7H3,(H11-,36,37,38,39,40,41,42,43,44,45,50,51,52,53,54,55,56)/p+1/t18-,19-,20+,21+,22-,23-,24-,26-,27-/m0/s1. The Kier molecular flexibility index (Phi) is 23.0. The Bertz CT molecular complexity index is 1370. The fraction of sp³-hybridized carbons (Fsp3) is 0.735. The van der Waals surface area contributed by atoms with Crippen LogP contribution in [0.2, 0.25) is 0 Å². The third-order valence-corrected chi connectivity index (χ3v) is 8.21. The molecule has 16 N–H and O–H groups in total. The minimum absolute atomic E-state index is 0.0228. The van der Waals surface area contributed by atoms with E-state index in [9.17, 15) is 48.6 Å². The van der Waals surface area contributed by atoms with E-state index in [-0.39, 0.29) is 44.6 Å². The van der Waals surface area contributed by atoms with Gasteiger partial charge in [-0.2, -0.15) is 0 Å². The lowest BCUT2D eigenvalue weighted by Gasteiger charge is -2.29. The SMILES string of the molecule is C[C@H](N)C(=O)N[C@@H](CCCN=C(N)N)C(=O)N[C@H](C(=O)N[C@@H](CCCC[N+](C)(C)C)C(=O)N[C@@H](CCC(N)=O)C(=O)N[C@H](C(=O)N[C@@H](C)C=O)[C@@H](C)O)[C@@H](C)O. The number of hydrogen-bond donors (Lipinski definition) is 12. The first-order chi connectivity index (χ1) is 25.9. The molecule has 0 aliphatic carbocycles. The molecule has 0 aromatic rings. The maximum atomic E-state index is 13.8. The Morgan fingerprint density at radius 3 is 1.48 bits per heavy atom. The van der Waals surface area contributed by atoms with E-state index in [1.807, 2.05) is 21.1 Å². The maximum Gasteiger partial charge on any atom is 0.245 e. The molecule has 0 saturated carbocycles. The van der Waals surface area contributed by atoms with Crippen LogP contribution in [0.1, 0.15) is 72.6 Å². The van der Waals surface area contributed by atoms with Gasteiger partial charge >= 0.3 is 0 Å². The van der Waals surface area contributed by atoms with Crippen molar-refractivity contribution in [2.75, 3.05) is 34.2 Å². The summed E-state index contributed by atoms with van der Waals surface area (Å²) in [5.41, 5.74) is 21.7. The number of aliphatic imine (C=N–C) groups is 1. The number of aliphatic hydroxyl groups excluding tert-OH is 2. The fourth-order valence-corrected chi connectivity index (χ4v) is 5.03. The number of carbonyl (C=O) groups excluding carboxylic acids is 8. The molecule has 0 radical (unpaired) electrons. The molecule has 0 bridgehead atoms. The second-order valence-corrected chi connectivity index (χ2v) is 14.8. The molecule has 0 aliphatic heterocycles. The molecule has 0 fully saturated rings. The van der Waals surface area contributed by atoms with Gasteiger partial charge in [-0.05, 0) is 66.2 Å². The largest absolute Gasteiger partial charge is 0.391 e. The highest BCUT2D eigenvalue weighted by atomic mass is 16.3. The van der Waals surface area contributed by atoms with Crippen molar-refractivity contribution in [3.8, 4) is 0 Å². The lowest BCUT2D eigenvalue weighted by atomic mass is 10.0. The van der Waals surface area contributed by atoms with E-state index in [1.54, 1.807) is 0 Å². The van der Waals surface area contributed by atoms with Crippen LogP contribution in [0.25, 0.3) is 0 Å². The molecular weight excluding hydrogens is 736 g/mol. The Morgan fingerprint density at radius 2 is 1.05 bits per heavy atom. The molecule has 0 heterocycles. The van der Waals surface area contributed by atoms with E-state index in [2.05, 4.69) is 36.9 Å². The molecule has 0 saturated heterocycles. The fourth-order valence-electron chi connectivity index (χ4n) is 5.03. The summed E-state index contributed by atoms with van der Waals surface area (Å²) in [6.07, 6.45) is -1.93. The summed E-state index contributed by atoms with van der Waals surface area (Å²) in [5, 5.41) is 35.4. The third-order valence-electron chi connectivity index (χ3n) is 8.21. The number of nitrogens with one attached hydrogen (secondary N) is 6. The number of aliphatic hydroxyl groups is 2. The Labute approximate surface area is 327 Å². The normalized spacial score (nSPS) is 16.1. The highest BCUT2D eigenvalue weighted by Gasteiger charge is 2.35. The zero-order chi connectivity index (χ0) is 43.3. The molecule has 320 valence electrons. The number of guanidine groups is 1. The number of carbonyl (C=O) groups is 8. The average molecular weight is 802 g/mol. The Balaban J connectivity index is 6.44. The molecule has 22 heteroatoms. The summed E-state index contributed by atoms with van der Waals surface area (Å²) in [5.74, 6) is -6.25. The van der Waals surface area contributed by atoms with Crippen LogP contribution in [0.15, 0.2) is 4.99 Å². The molecule has 0 aromatic carbocycles. The number of hydrogen-bond acceptors (Lipinski definition) is 12. The molecular formula is C34H65N12O10+. The monoisotopic (exact) mass is 801 g/mol. The minimum atomic E-state index is -1.63. The highest BCUT2D eigenvalue weighted by molar-refractivity contribution is 5.97.